The molecular weight excluding hydrogens is 267 g/mol. The Morgan fingerprint density at radius 3 is 2.53 bits per heavy atom. The minimum absolute atomic E-state index is 0.0693. The monoisotopic (exact) mass is 278 g/mol. The molecule has 0 aliphatic heterocycles. The Morgan fingerprint density at radius 2 is 1.89 bits per heavy atom. The van der Waals surface area contributed by atoms with Gasteiger partial charge in [0.2, 0.25) is 0 Å². The van der Waals surface area contributed by atoms with Crippen LogP contribution in [0.1, 0.15) is 15.9 Å². The lowest BCUT2D eigenvalue weighted by molar-refractivity contribution is 0.0951. The first-order valence-electron chi connectivity index (χ1n) is 5.64. The van der Waals surface area contributed by atoms with Crippen LogP contribution in [0.2, 0.25) is 5.02 Å². The van der Waals surface area contributed by atoms with E-state index in [9.17, 15) is 9.18 Å². The predicted octanol–water partition coefficient (Wildman–Crippen LogP) is 2.99. The summed E-state index contributed by atoms with van der Waals surface area (Å²) in [6.45, 7) is 0.369. The predicted molar refractivity (Wildman–Crippen MR) is 73.4 cm³/mol. The fourth-order valence-electron chi connectivity index (χ4n) is 1.56. The van der Waals surface area contributed by atoms with Crippen molar-refractivity contribution in [3.8, 4) is 0 Å². The molecule has 5 heteroatoms. The molecule has 0 unspecified atom stereocenters. The quantitative estimate of drug-likeness (QED) is 0.848. The van der Waals surface area contributed by atoms with Crippen LogP contribution < -0.4 is 11.1 Å². The maximum Gasteiger partial charge on any atom is 0.251 e. The number of nitrogens with two attached hydrogens (primary N) is 1. The molecule has 1 amide bonds. The lowest BCUT2D eigenvalue weighted by Crippen LogP contribution is -2.22. The molecule has 0 bridgehead atoms. The summed E-state index contributed by atoms with van der Waals surface area (Å²) in [7, 11) is 0. The first kappa shape index (κ1) is 13.4. The molecule has 0 spiro atoms. The number of carbonyl (C=O) groups is 1. The van der Waals surface area contributed by atoms with E-state index in [2.05, 4.69) is 5.32 Å². The van der Waals surface area contributed by atoms with Crippen molar-refractivity contribution in [3.63, 3.8) is 0 Å². The highest BCUT2D eigenvalue weighted by molar-refractivity contribution is 6.31. The Kier molecular flexibility index (Phi) is 4.02. The highest BCUT2D eigenvalue weighted by Crippen LogP contribution is 2.16. The average molecular weight is 279 g/mol. The van der Waals surface area contributed by atoms with Gasteiger partial charge in [-0.2, -0.15) is 0 Å². The van der Waals surface area contributed by atoms with Crippen molar-refractivity contribution in [3.05, 3.63) is 64.4 Å². The van der Waals surface area contributed by atoms with Crippen molar-refractivity contribution in [1.29, 1.82) is 0 Å². The summed E-state index contributed by atoms with van der Waals surface area (Å²) in [4.78, 5) is 11.8. The summed E-state index contributed by atoms with van der Waals surface area (Å²) in [5, 5.41) is 2.65. The van der Waals surface area contributed by atoms with Crippen molar-refractivity contribution in [2.75, 3.05) is 5.73 Å². The number of carbonyl (C=O) groups excluding carboxylic acids is 1. The van der Waals surface area contributed by atoms with E-state index in [0.717, 1.165) is 5.56 Å². The molecule has 0 fully saturated rings. The minimum atomic E-state index is -0.545. The van der Waals surface area contributed by atoms with E-state index in [0.29, 0.717) is 17.8 Å². The van der Waals surface area contributed by atoms with Gasteiger partial charge in [-0.25, -0.2) is 4.39 Å². The molecule has 0 aromatic heterocycles. The van der Waals surface area contributed by atoms with E-state index < -0.39 is 5.82 Å². The number of halogens is 2. The number of anilines is 1. The van der Waals surface area contributed by atoms with Crippen LogP contribution in [0.5, 0.6) is 0 Å². The zero-order chi connectivity index (χ0) is 13.8. The van der Waals surface area contributed by atoms with Gasteiger partial charge in [0.15, 0.2) is 0 Å². The maximum atomic E-state index is 13.0. The SMILES string of the molecule is Nc1ccc(CNC(=O)c2ccc(F)c(Cl)c2)cc1. The molecule has 0 radical (unpaired) electrons. The van der Waals surface area contributed by atoms with Gasteiger partial charge in [0.25, 0.3) is 5.91 Å². The second kappa shape index (κ2) is 5.71. The van der Waals surface area contributed by atoms with Crippen LogP contribution in [0.15, 0.2) is 42.5 Å². The number of benzene rings is 2. The van der Waals surface area contributed by atoms with Crippen LogP contribution in [-0.4, -0.2) is 5.91 Å². The Morgan fingerprint density at radius 1 is 1.21 bits per heavy atom. The zero-order valence-corrected chi connectivity index (χ0v) is 10.7. The standard InChI is InChI=1S/C14H12ClFN2O/c15-12-7-10(3-6-13(12)16)14(19)18-8-9-1-4-11(17)5-2-9/h1-7H,8,17H2,(H,18,19). The number of rotatable bonds is 3. The lowest BCUT2D eigenvalue weighted by Gasteiger charge is -2.06. The molecule has 98 valence electrons. The first-order valence-corrected chi connectivity index (χ1v) is 6.02. The molecule has 2 rings (SSSR count). The Labute approximate surface area is 115 Å². The summed E-state index contributed by atoms with van der Waals surface area (Å²) in [6, 6.07) is 11.0. The third kappa shape index (κ3) is 3.45. The molecule has 0 saturated carbocycles. The van der Waals surface area contributed by atoms with E-state index in [1.807, 2.05) is 12.1 Å². The lowest BCUT2D eigenvalue weighted by atomic mass is 10.2. The van der Waals surface area contributed by atoms with Gasteiger partial charge in [0.05, 0.1) is 5.02 Å². The van der Waals surface area contributed by atoms with Crippen molar-refractivity contribution in [2.24, 2.45) is 0 Å². The highest BCUT2D eigenvalue weighted by Gasteiger charge is 2.08. The molecular formula is C14H12ClFN2O. The third-order valence-corrected chi connectivity index (χ3v) is 2.90. The second-order valence-corrected chi connectivity index (χ2v) is 4.46. The number of hydrogen-bond donors (Lipinski definition) is 2. The van der Waals surface area contributed by atoms with E-state index in [1.54, 1.807) is 12.1 Å². The van der Waals surface area contributed by atoms with Gasteiger partial charge in [0.1, 0.15) is 5.82 Å². The van der Waals surface area contributed by atoms with Crippen molar-refractivity contribution in [1.82, 2.24) is 5.32 Å². The fraction of sp³-hybridized carbons (Fsp3) is 0.0714. The Hall–Kier alpha value is -2.07. The molecule has 3 N–H and O–H groups in total. The van der Waals surface area contributed by atoms with Crippen molar-refractivity contribution < 1.29 is 9.18 Å². The zero-order valence-electron chi connectivity index (χ0n) is 9.99. The van der Waals surface area contributed by atoms with Crippen LogP contribution in [0.4, 0.5) is 10.1 Å². The van der Waals surface area contributed by atoms with Crippen molar-refractivity contribution >= 4 is 23.2 Å². The topological polar surface area (TPSA) is 55.1 Å². The van der Waals surface area contributed by atoms with E-state index in [4.69, 9.17) is 17.3 Å². The molecule has 2 aromatic rings. The van der Waals surface area contributed by atoms with Gasteiger partial charge in [-0.05, 0) is 35.9 Å². The number of nitrogens with one attached hydrogen (secondary N) is 1. The van der Waals surface area contributed by atoms with Crippen LogP contribution in [0.25, 0.3) is 0 Å². The summed E-state index contributed by atoms with van der Waals surface area (Å²) in [5.74, 6) is -0.851. The number of nitrogen functional groups attached to an aromatic ring is 1. The van der Waals surface area contributed by atoms with E-state index in [1.165, 1.54) is 18.2 Å². The van der Waals surface area contributed by atoms with Gasteiger partial charge in [-0.1, -0.05) is 23.7 Å². The van der Waals surface area contributed by atoms with Crippen LogP contribution in [0, 0.1) is 5.82 Å². The Bertz CT molecular complexity index is 599. The van der Waals surface area contributed by atoms with Gasteiger partial charge >= 0.3 is 0 Å². The molecule has 0 saturated heterocycles. The van der Waals surface area contributed by atoms with Gasteiger partial charge in [-0.3, -0.25) is 4.79 Å². The first-order chi connectivity index (χ1) is 9.06. The second-order valence-electron chi connectivity index (χ2n) is 4.05. The van der Waals surface area contributed by atoms with E-state index >= 15 is 0 Å². The molecule has 3 nitrogen and oxygen atoms in total. The molecule has 0 aliphatic rings. The van der Waals surface area contributed by atoms with Gasteiger partial charge < -0.3 is 11.1 Å². The largest absolute Gasteiger partial charge is 0.399 e. The maximum absolute atomic E-state index is 13.0. The van der Waals surface area contributed by atoms with Crippen LogP contribution in [0.3, 0.4) is 0 Å². The van der Waals surface area contributed by atoms with Crippen molar-refractivity contribution in [2.45, 2.75) is 6.54 Å². The molecule has 0 atom stereocenters. The number of hydrogen-bond acceptors (Lipinski definition) is 2. The minimum Gasteiger partial charge on any atom is -0.399 e. The summed E-state index contributed by atoms with van der Waals surface area (Å²) < 4.78 is 13.0. The third-order valence-electron chi connectivity index (χ3n) is 2.61. The van der Waals surface area contributed by atoms with E-state index in [-0.39, 0.29) is 10.9 Å². The molecule has 0 aliphatic carbocycles. The summed E-state index contributed by atoms with van der Waals surface area (Å²) in [5.41, 5.74) is 7.48. The molecule has 2 aromatic carbocycles. The van der Waals surface area contributed by atoms with Gasteiger partial charge in [-0.15, -0.1) is 0 Å². The van der Waals surface area contributed by atoms with Crippen LogP contribution in [-0.2, 0) is 6.54 Å². The Balaban J connectivity index is 2.01. The normalized spacial score (nSPS) is 10.2. The molecule has 19 heavy (non-hydrogen) atoms. The smallest absolute Gasteiger partial charge is 0.251 e. The highest BCUT2D eigenvalue weighted by atomic mass is 35.5. The number of amides is 1. The summed E-state index contributed by atoms with van der Waals surface area (Å²) >= 11 is 5.62. The average Bonchev–Trinajstić information content (AvgIpc) is 2.41. The molecule has 0 heterocycles. The van der Waals surface area contributed by atoms with Gasteiger partial charge in [0, 0.05) is 17.8 Å². The summed E-state index contributed by atoms with van der Waals surface area (Å²) in [6.07, 6.45) is 0. The fourth-order valence-corrected chi connectivity index (χ4v) is 1.74. The van der Waals surface area contributed by atoms with Crippen LogP contribution >= 0.6 is 11.6 Å².